The van der Waals surface area contributed by atoms with Gasteiger partial charge in [0.25, 0.3) is 5.22 Å². The third-order valence-corrected chi connectivity index (χ3v) is 3.07. The molecule has 0 saturated heterocycles. The normalized spacial score (nSPS) is 11.3. The van der Waals surface area contributed by atoms with E-state index in [1.165, 1.54) is 18.4 Å². The summed E-state index contributed by atoms with van der Waals surface area (Å²) in [6.07, 6.45) is -3.15. The highest BCUT2D eigenvalue weighted by molar-refractivity contribution is 7.99. The van der Waals surface area contributed by atoms with Crippen LogP contribution in [-0.4, -0.2) is 4.98 Å². The van der Waals surface area contributed by atoms with Gasteiger partial charge in [0.05, 0.1) is 22.9 Å². The molecule has 0 unspecified atom stereocenters. The number of rotatable bonds is 2. The highest BCUT2D eigenvalue weighted by Crippen LogP contribution is 2.36. The molecule has 0 N–H and O–H groups in total. The Morgan fingerprint density at radius 2 is 2.11 bits per heavy atom. The SMILES string of the molecule is Cc1coc(Sc2ccc(C#N)c(C(F)(F)F)c2)n1. The van der Waals surface area contributed by atoms with Crippen molar-refractivity contribution in [2.75, 3.05) is 0 Å². The van der Waals surface area contributed by atoms with Gasteiger partial charge in [0, 0.05) is 4.90 Å². The van der Waals surface area contributed by atoms with Crippen LogP contribution in [0.1, 0.15) is 16.8 Å². The Labute approximate surface area is 111 Å². The molecule has 0 aliphatic heterocycles. The third-order valence-electron chi connectivity index (χ3n) is 2.22. The topological polar surface area (TPSA) is 49.8 Å². The summed E-state index contributed by atoms with van der Waals surface area (Å²) in [5.41, 5.74) is -0.712. The van der Waals surface area contributed by atoms with Gasteiger partial charge in [-0.25, -0.2) is 4.98 Å². The molecule has 0 radical (unpaired) electrons. The summed E-state index contributed by atoms with van der Waals surface area (Å²) in [6.45, 7) is 1.72. The number of halogens is 3. The van der Waals surface area contributed by atoms with E-state index in [1.54, 1.807) is 6.92 Å². The van der Waals surface area contributed by atoms with Crippen LogP contribution in [0, 0.1) is 18.3 Å². The summed E-state index contributed by atoms with van der Waals surface area (Å²) in [5, 5.41) is 8.94. The van der Waals surface area contributed by atoms with Crippen molar-refractivity contribution >= 4 is 11.8 Å². The number of aromatic nitrogens is 1. The lowest BCUT2D eigenvalue weighted by molar-refractivity contribution is -0.137. The minimum atomic E-state index is -4.56. The van der Waals surface area contributed by atoms with Gasteiger partial charge in [-0.15, -0.1) is 0 Å². The van der Waals surface area contributed by atoms with Crippen LogP contribution in [0.25, 0.3) is 0 Å². The number of aryl methyl sites for hydroxylation is 1. The van der Waals surface area contributed by atoms with Crippen molar-refractivity contribution in [3.05, 3.63) is 41.3 Å². The highest BCUT2D eigenvalue weighted by Gasteiger charge is 2.33. The van der Waals surface area contributed by atoms with Crippen LogP contribution in [0.15, 0.2) is 39.0 Å². The molecule has 0 aliphatic carbocycles. The minimum absolute atomic E-state index is 0.260. The van der Waals surface area contributed by atoms with Gasteiger partial charge in [-0.1, -0.05) is 0 Å². The maximum absolute atomic E-state index is 12.8. The predicted molar refractivity (Wildman–Crippen MR) is 61.5 cm³/mol. The molecule has 0 amide bonds. The van der Waals surface area contributed by atoms with Gasteiger partial charge in [0.2, 0.25) is 0 Å². The summed E-state index contributed by atoms with van der Waals surface area (Å²) >= 11 is 0.971. The molecule has 0 bridgehead atoms. The maximum atomic E-state index is 12.8. The molecule has 1 heterocycles. The number of nitriles is 1. The van der Waals surface area contributed by atoms with Gasteiger partial charge in [0.1, 0.15) is 6.26 Å². The van der Waals surface area contributed by atoms with E-state index in [0.29, 0.717) is 10.6 Å². The maximum Gasteiger partial charge on any atom is 0.417 e. The van der Waals surface area contributed by atoms with Crippen LogP contribution < -0.4 is 0 Å². The van der Waals surface area contributed by atoms with Crippen molar-refractivity contribution in [1.29, 1.82) is 5.26 Å². The summed E-state index contributed by atoms with van der Waals surface area (Å²) in [6, 6.07) is 5.02. The second kappa shape index (κ2) is 4.97. The molecule has 0 atom stereocenters. The van der Waals surface area contributed by atoms with Crippen LogP contribution >= 0.6 is 11.8 Å². The lowest BCUT2D eigenvalue weighted by atomic mass is 10.1. The average molecular weight is 284 g/mol. The zero-order chi connectivity index (χ0) is 14.0. The van der Waals surface area contributed by atoms with E-state index >= 15 is 0 Å². The molecule has 98 valence electrons. The fourth-order valence-electron chi connectivity index (χ4n) is 1.40. The Kier molecular flexibility index (Phi) is 3.53. The number of hydrogen-bond acceptors (Lipinski definition) is 4. The van der Waals surface area contributed by atoms with Gasteiger partial charge >= 0.3 is 6.18 Å². The molecule has 7 heteroatoms. The van der Waals surface area contributed by atoms with E-state index in [4.69, 9.17) is 9.68 Å². The van der Waals surface area contributed by atoms with Crippen LogP contribution in [0.5, 0.6) is 0 Å². The molecule has 0 saturated carbocycles. The molecular formula is C12H7F3N2OS. The van der Waals surface area contributed by atoms with E-state index in [0.717, 1.165) is 23.9 Å². The van der Waals surface area contributed by atoms with Gasteiger partial charge in [0.15, 0.2) is 0 Å². The van der Waals surface area contributed by atoms with E-state index in [1.807, 2.05) is 0 Å². The Morgan fingerprint density at radius 3 is 2.63 bits per heavy atom. The molecule has 1 aromatic carbocycles. The van der Waals surface area contributed by atoms with E-state index in [9.17, 15) is 13.2 Å². The van der Waals surface area contributed by atoms with E-state index in [-0.39, 0.29) is 5.22 Å². The van der Waals surface area contributed by atoms with Crippen LogP contribution in [0.3, 0.4) is 0 Å². The minimum Gasteiger partial charge on any atom is -0.439 e. The quantitative estimate of drug-likeness (QED) is 0.835. The van der Waals surface area contributed by atoms with Gasteiger partial charge in [-0.05, 0) is 36.9 Å². The van der Waals surface area contributed by atoms with Crippen molar-refractivity contribution in [3.63, 3.8) is 0 Å². The Balaban J connectivity index is 2.36. The first-order chi connectivity index (χ1) is 8.90. The Morgan fingerprint density at radius 1 is 1.37 bits per heavy atom. The van der Waals surface area contributed by atoms with Crippen LogP contribution in [0.2, 0.25) is 0 Å². The Hall–Kier alpha value is -1.94. The first-order valence-electron chi connectivity index (χ1n) is 5.11. The molecule has 3 nitrogen and oxygen atoms in total. The number of hydrogen-bond donors (Lipinski definition) is 0. The molecular weight excluding hydrogens is 277 g/mol. The third kappa shape index (κ3) is 3.09. The standard InChI is InChI=1S/C12H7F3N2OS/c1-7-6-18-11(17-7)19-9-3-2-8(5-16)10(4-9)12(13,14)15/h2-4,6H,1H3. The van der Waals surface area contributed by atoms with Crippen LogP contribution in [0.4, 0.5) is 13.2 Å². The summed E-state index contributed by atoms with van der Waals surface area (Å²) in [5.74, 6) is 0. The first kappa shape index (κ1) is 13.5. The number of alkyl halides is 3. The first-order valence-corrected chi connectivity index (χ1v) is 5.93. The second-order valence-electron chi connectivity index (χ2n) is 3.67. The van der Waals surface area contributed by atoms with Gasteiger partial charge in [-0.3, -0.25) is 0 Å². The monoisotopic (exact) mass is 284 g/mol. The van der Waals surface area contributed by atoms with Crippen molar-refractivity contribution in [1.82, 2.24) is 4.98 Å². The predicted octanol–water partition coefficient (Wildman–Crippen LogP) is 4.02. The fraction of sp³-hybridized carbons (Fsp3) is 0.167. The summed E-state index contributed by atoms with van der Waals surface area (Å²) in [4.78, 5) is 4.30. The molecule has 2 aromatic rings. The van der Waals surface area contributed by atoms with Crippen molar-refractivity contribution in [2.45, 2.75) is 23.2 Å². The lowest BCUT2D eigenvalue weighted by Gasteiger charge is -2.09. The van der Waals surface area contributed by atoms with Crippen molar-refractivity contribution in [2.24, 2.45) is 0 Å². The van der Waals surface area contributed by atoms with E-state index in [2.05, 4.69) is 4.98 Å². The highest BCUT2D eigenvalue weighted by atomic mass is 32.2. The number of nitrogens with zero attached hydrogens (tertiary/aromatic N) is 2. The van der Waals surface area contributed by atoms with Crippen molar-refractivity contribution in [3.8, 4) is 6.07 Å². The van der Waals surface area contributed by atoms with E-state index < -0.39 is 17.3 Å². The van der Waals surface area contributed by atoms with Crippen molar-refractivity contribution < 1.29 is 17.6 Å². The average Bonchev–Trinajstić information content (AvgIpc) is 2.73. The zero-order valence-electron chi connectivity index (χ0n) is 9.65. The summed E-state index contributed by atoms with van der Waals surface area (Å²) < 4.78 is 43.3. The molecule has 0 aliphatic rings. The largest absolute Gasteiger partial charge is 0.439 e. The zero-order valence-corrected chi connectivity index (χ0v) is 10.5. The lowest BCUT2D eigenvalue weighted by Crippen LogP contribution is -2.07. The number of oxazole rings is 1. The summed E-state index contributed by atoms with van der Waals surface area (Å²) in [7, 11) is 0. The molecule has 2 rings (SSSR count). The molecule has 0 fully saturated rings. The molecule has 0 spiro atoms. The van der Waals surface area contributed by atoms with Gasteiger partial charge in [-0.2, -0.15) is 18.4 Å². The second-order valence-corrected chi connectivity index (χ2v) is 4.70. The van der Waals surface area contributed by atoms with Crippen LogP contribution in [-0.2, 0) is 6.18 Å². The smallest absolute Gasteiger partial charge is 0.417 e. The van der Waals surface area contributed by atoms with Gasteiger partial charge < -0.3 is 4.42 Å². The molecule has 1 aromatic heterocycles. The fourth-order valence-corrected chi connectivity index (χ4v) is 2.20. The number of benzene rings is 1. The molecule has 19 heavy (non-hydrogen) atoms. The Bertz CT molecular complexity index is 643.